The molecule has 100 valence electrons. The van der Waals surface area contributed by atoms with E-state index >= 15 is 0 Å². The van der Waals surface area contributed by atoms with Crippen LogP contribution in [-0.2, 0) is 4.79 Å². The van der Waals surface area contributed by atoms with Crippen molar-refractivity contribution >= 4 is 26.7 Å². The number of rotatable bonds is 0. The van der Waals surface area contributed by atoms with Crippen molar-refractivity contribution < 1.29 is 4.79 Å². The van der Waals surface area contributed by atoms with Crippen LogP contribution in [0.5, 0.6) is 0 Å². The molecular formula is C14H18N3OP. The minimum Gasteiger partial charge on any atom is -0.357 e. The number of piperidine rings is 1. The van der Waals surface area contributed by atoms with E-state index in [4.69, 9.17) is 0 Å². The second-order valence-electron chi connectivity index (χ2n) is 5.75. The molecule has 3 aliphatic heterocycles. The Morgan fingerprint density at radius 2 is 2.21 bits per heavy atom. The largest absolute Gasteiger partial charge is 0.357 e. The zero-order valence-corrected chi connectivity index (χ0v) is 12.2. The van der Waals surface area contributed by atoms with Gasteiger partial charge in [-0.15, -0.1) is 0 Å². The summed E-state index contributed by atoms with van der Waals surface area (Å²) in [6, 6.07) is 6.90. The minimum atomic E-state index is 0.207. The van der Waals surface area contributed by atoms with Gasteiger partial charge in [0, 0.05) is 32.1 Å². The number of amides is 1. The normalized spacial score (nSPS) is 29.5. The topological polar surface area (TPSA) is 26.8 Å². The van der Waals surface area contributed by atoms with Gasteiger partial charge in [-0.05, 0) is 18.1 Å². The molecule has 4 nitrogen and oxygen atoms in total. The molecule has 4 rings (SSSR count). The molecule has 0 spiro atoms. The van der Waals surface area contributed by atoms with Gasteiger partial charge in [-0.3, -0.25) is 9.46 Å². The highest BCUT2D eigenvalue weighted by Crippen LogP contribution is 2.50. The molecule has 2 unspecified atom stereocenters. The molecule has 19 heavy (non-hydrogen) atoms. The number of benzene rings is 1. The van der Waals surface area contributed by atoms with Crippen molar-refractivity contribution in [2.24, 2.45) is 0 Å². The lowest BCUT2D eigenvalue weighted by atomic mass is 9.90. The van der Waals surface area contributed by atoms with E-state index in [1.807, 2.05) is 11.9 Å². The van der Waals surface area contributed by atoms with Crippen molar-refractivity contribution in [1.29, 1.82) is 0 Å². The van der Waals surface area contributed by atoms with E-state index in [0.29, 0.717) is 18.5 Å². The van der Waals surface area contributed by atoms with Gasteiger partial charge in [0.1, 0.15) is 0 Å². The van der Waals surface area contributed by atoms with E-state index in [0.717, 1.165) is 25.2 Å². The van der Waals surface area contributed by atoms with Gasteiger partial charge >= 0.3 is 0 Å². The number of anilines is 2. The van der Waals surface area contributed by atoms with E-state index in [1.54, 1.807) is 0 Å². The maximum Gasteiger partial charge on any atom is 0.246 e. The third-order valence-corrected chi connectivity index (χ3v) is 5.25. The van der Waals surface area contributed by atoms with Gasteiger partial charge < -0.3 is 9.80 Å². The Kier molecular flexibility index (Phi) is 2.42. The van der Waals surface area contributed by atoms with Crippen LogP contribution in [0.15, 0.2) is 18.2 Å². The van der Waals surface area contributed by atoms with Gasteiger partial charge in [0.05, 0.1) is 17.9 Å². The molecule has 0 bridgehead atoms. The molecule has 0 radical (unpaired) electrons. The molecule has 1 fully saturated rings. The van der Waals surface area contributed by atoms with Crippen LogP contribution in [0.2, 0.25) is 0 Å². The highest BCUT2D eigenvalue weighted by atomic mass is 31.0. The summed E-state index contributed by atoms with van der Waals surface area (Å²) in [5, 5.41) is 0. The summed E-state index contributed by atoms with van der Waals surface area (Å²) in [5.74, 6) is 0.749. The van der Waals surface area contributed by atoms with Gasteiger partial charge in [0.15, 0.2) is 0 Å². The fourth-order valence-corrected chi connectivity index (χ4v) is 4.20. The van der Waals surface area contributed by atoms with Crippen LogP contribution in [0.4, 0.5) is 11.4 Å². The fourth-order valence-electron chi connectivity index (χ4n) is 3.82. The Hall–Kier alpha value is -1.12. The molecule has 1 amide bonds. The lowest BCUT2D eigenvalue weighted by molar-refractivity contribution is -0.117. The molecule has 0 N–H and O–H groups in total. The molecule has 0 saturated carbocycles. The summed E-state index contributed by atoms with van der Waals surface area (Å²) in [4.78, 5) is 16.3. The molecule has 0 aromatic heterocycles. The smallest absolute Gasteiger partial charge is 0.246 e. The number of para-hydroxylation sites is 1. The number of hydrogen-bond acceptors (Lipinski definition) is 3. The third-order valence-electron chi connectivity index (χ3n) is 4.78. The Labute approximate surface area is 115 Å². The Bertz CT molecular complexity index is 562. The Morgan fingerprint density at radius 3 is 3.05 bits per heavy atom. The van der Waals surface area contributed by atoms with E-state index in [2.05, 4.69) is 37.2 Å². The molecule has 5 heteroatoms. The monoisotopic (exact) mass is 275 g/mol. The average Bonchev–Trinajstić information content (AvgIpc) is 2.71. The van der Waals surface area contributed by atoms with Crippen LogP contribution in [0.25, 0.3) is 0 Å². The Morgan fingerprint density at radius 1 is 1.37 bits per heavy atom. The van der Waals surface area contributed by atoms with Crippen molar-refractivity contribution in [3.05, 3.63) is 23.8 Å². The molecule has 1 saturated heterocycles. The van der Waals surface area contributed by atoms with Crippen LogP contribution in [-0.4, -0.2) is 43.3 Å². The maximum absolute atomic E-state index is 12.2. The van der Waals surface area contributed by atoms with Gasteiger partial charge in [0.25, 0.3) is 0 Å². The summed E-state index contributed by atoms with van der Waals surface area (Å²) in [6.45, 7) is 2.70. The number of carbonyl (C=O) groups excluding carboxylic acids is 1. The van der Waals surface area contributed by atoms with E-state index < -0.39 is 0 Å². The van der Waals surface area contributed by atoms with Crippen LogP contribution >= 0.6 is 9.39 Å². The molecule has 0 aliphatic carbocycles. The summed E-state index contributed by atoms with van der Waals surface area (Å²) < 4.78 is 2.32. The molecule has 3 aliphatic rings. The number of hydrogen-bond donors (Lipinski definition) is 0. The van der Waals surface area contributed by atoms with Crippen molar-refractivity contribution in [2.45, 2.75) is 18.4 Å². The summed E-state index contributed by atoms with van der Waals surface area (Å²) in [7, 11) is 4.71. The second kappa shape index (κ2) is 3.94. The highest BCUT2D eigenvalue weighted by Gasteiger charge is 2.45. The lowest BCUT2D eigenvalue weighted by Gasteiger charge is -2.39. The fraction of sp³-hybridized carbons (Fsp3) is 0.500. The first-order valence-electron chi connectivity index (χ1n) is 6.82. The lowest BCUT2D eigenvalue weighted by Crippen LogP contribution is -2.49. The SMILES string of the molecule is CN1C(=O)CN2c3c(cccc31)C1CN(P)CC[C@H]12. The highest BCUT2D eigenvalue weighted by molar-refractivity contribution is 7.13. The quantitative estimate of drug-likeness (QED) is 0.670. The van der Waals surface area contributed by atoms with E-state index in [-0.39, 0.29) is 5.91 Å². The van der Waals surface area contributed by atoms with Gasteiger partial charge in [-0.1, -0.05) is 21.5 Å². The zero-order valence-electron chi connectivity index (χ0n) is 11.0. The number of nitrogens with zero attached hydrogens (tertiary/aromatic N) is 3. The molecule has 3 heterocycles. The maximum atomic E-state index is 12.2. The standard InChI is InChI=1S/C14H18N3OP/c1-15-12-4-2-3-9-10-7-16(19)6-5-11(10)17(14(9)12)8-13(15)18/h2-4,10-11H,5-8,19H2,1H3/t10?,11-/m1/s1. The van der Waals surface area contributed by atoms with Gasteiger partial charge in [-0.2, -0.15) is 0 Å². The first kappa shape index (κ1) is 11.7. The molecule has 1 aromatic rings. The van der Waals surface area contributed by atoms with E-state index in [9.17, 15) is 4.79 Å². The second-order valence-corrected chi connectivity index (χ2v) is 6.48. The Balaban J connectivity index is 1.88. The van der Waals surface area contributed by atoms with Crippen LogP contribution in [0.3, 0.4) is 0 Å². The number of carbonyl (C=O) groups is 1. The summed E-state index contributed by atoms with van der Waals surface area (Å²) in [6.07, 6.45) is 1.14. The van der Waals surface area contributed by atoms with Crippen molar-refractivity contribution in [3.8, 4) is 0 Å². The number of fused-ring (bicyclic) bond motifs is 3. The van der Waals surface area contributed by atoms with Crippen LogP contribution in [0.1, 0.15) is 17.9 Å². The average molecular weight is 275 g/mol. The van der Waals surface area contributed by atoms with Gasteiger partial charge in [0.2, 0.25) is 5.91 Å². The molecule has 1 aromatic carbocycles. The van der Waals surface area contributed by atoms with Crippen molar-refractivity contribution in [2.75, 3.05) is 36.5 Å². The molecular weight excluding hydrogens is 257 g/mol. The number of likely N-dealkylation sites (N-methyl/N-ethyl adjacent to an activating group) is 1. The predicted octanol–water partition coefficient (Wildman–Crippen LogP) is 1.43. The van der Waals surface area contributed by atoms with E-state index in [1.165, 1.54) is 11.3 Å². The predicted molar refractivity (Wildman–Crippen MR) is 79.6 cm³/mol. The minimum absolute atomic E-state index is 0.207. The van der Waals surface area contributed by atoms with Crippen molar-refractivity contribution in [3.63, 3.8) is 0 Å². The molecule has 3 atom stereocenters. The summed E-state index contributed by atoms with van der Waals surface area (Å²) in [5.41, 5.74) is 3.81. The third kappa shape index (κ3) is 1.50. The first-order valence-corrected chi connectivity index (χ1v) is 7.34. The zero-order chi connectivity index (χ0) is 13.1. The van der Waals surface area contributed by atoms with Gasteiger partial charge in [-0.25, -0.2) is 0 Å². The first-order chi connectivity index (χ1) is 9.16. The van der Waals surface area contributed by atoms with Crippen LogP contribution in [0, 0.1) is 0 Å². The van der Waals surface area contributed by atoms with Crippen molar-refractivity contribution in [1.82, 2.24) is 4.67 Å². The van der Waals surface area contributed by atoms with Crippen LogP contribution < -0.4 is 9.80 Å². The summed E-state index contributed by atoms with van der Waals surface area (Å²) >= 11 is 0.